The summed E-state index contributed by atoms with van der Waals surface area (Å²) in [6.45, 7) is 11.9. The van der Waals surface area contributed by atoms with Crippen LogP contribution in [0, 0.1) is 0 Å². The summed E-state index contributed by atoms with van der Waals surface area (Å²) in [5.41, 5.74) is 0. The Bertz CT molecular complexity index is 695. The van der Waals surface area contributed by atoms with Crippen molar-refractivity contribution in [3.63, 3.8) is 0 Å². The summed E-state index contributed by atoms with van der Waals surface area (Å²) in [6.07, 6.45) is 0. The molecule has 0 atom stereocenters. The zero-order chi connectivity index (χ0) is 23.3. The van der Waals surface area contributed by atoms with Crippen LogP contribution in [0.3, 0.4) is 0 Å². The second kappa shape index (κ2) is 13.9. The highest BCUT2D eigenvalue weighted by Gasteiger charge is 2.49. The van der Waals surface area contributed by atoms with Crippen LogP contribution in [-0.2, 0) is 18.6 Å². The van der Waals surface area contributed by atoms with E-state index in [1.165, 1.54) is 10.4 Å². The fraction of sp³-hybridized carbons (Fsp3) is 0.538. The Morgan fingerprint density at radius 2 is 1.03 bits per heavy atom. The SMILES string of the molecule is CN(C)CCOCCOCCOCCO[Si](c1ccccc1)(c1ccccc1)C(C)(C)C. The van der Waals surface area contributed by atoms with Crippen LogP contribution in [0.25, 0.3) is 0 Å². The van der Waals surface area contributed by atoms with Crippen molar-refractivity contribution in [1.29, 1.82) is 0 Å². The van der Waals surface area contributed by atoms with Crippen LogP contribution in [0.2, 0.25) is 5.04 Å². The third kappa shape index (κ3) is 8.10. The largest absolute Gasteiger partial charge is 0.405 e. The maximum atomic E-state index is 6.81. The molecular weight excluding hydrogens is 418 g/mol. The van der Waals surface area contributed by atoms with Gasteiger partial charge in [-0.25, -0.2) is 0 Å². The van der Waals surface area contributed by atoms with E-state index in [0.29, 0.717) is 39.6 Å². The molecule has 0 bridgehead atoms. The molecule has 6 heteroatoms. The Morgan fingerprint density at radius 3 is 1.44 bits per heavy atom. The molecule has 0 aromatic heterocycles. The van der Waals surface area contributed by atoms with Crippen molar-refractivity contribution in [2.75, 3.05) is 66.9 Å². The summed E-state index contributed by atoms with van der Waals surface area (Å²) < 4.78 is 23.7. The maximum Gasteiger partial charge on any atom is 0.261 e. The van der Waals surface area contributed by atoms with Crippen LogP contribution >= 0.6 is 0 Å². The summed E-state index contributed by atoms with van der Waals surface area (Å²) in [5.74, 6) is 0. The van der Waals surface area contributed by atoms with Crippen LogP contribution < -0.4 is 10.4 Å². The second-order valence-electron chi connectivity index (χ2n) is 9.15. The Labute approximate surface area is 195 Å². The first-order valence-corrected chi connectivity index (χ1v) is 13.4. The highest BCUT2D eigenvalue weighted by Crippen LogP contribution is 2.36. The van der Waals surface area contributed by atoms with Gasteiger partial charge in [0, 0.05) is 6.54 Å². The molecule has 32 heavy (non-hydrogen) atoms. The normalized spacial score (nSPS) is 12.4. The molecule has 0 aliphatic rings. The number of benzene rings is 2. The quantitative estimate of drug-likeness (QED) is 0.302. The molecule has 0 saturated heterocycles. The molecule has 0 unspecified atom stereocenters. The molecule has 0 fully saturated rings. The molecule has 0 N–H and O–H groups in total. The summed E-state index contributed by atoms with van der Waals surface area (Å²) in [4.78, 5) is 2.10. The Balaban J connectivity index is 1.83. The molecule has 0 amide bonds. The molecule has 5 nitrogen and oxygen atoms in total. The van der Waals surface area contributed by atoms with Gasteiger partial charge in [-0.15, -0.1) is 0 Å². The zero-order valence-electron chi connectivity index (χ0n) is 20.5. The minimum absolute atomic E-state index is 0.0224. The molecule has 178 valence electrons. The topological polar surface area (TPSA) is 40.2 Å². The molecule has 0 heterocycles. The molecular formula is C26H41NO4Si. The van der Waals surface area contributed by atoms with E-state index in [4.69, 9.17) is 18.6 Å². The third-order valence-corrected chi connectivity index (χ3v) is 10.4. The monoisotopic (exact) mass is 459 g/mol. The van der Waals surface area contributed by atoms with Crippen molar-refractivity contribution < 1.29 is 18.6 Å². The molecule has 0 radical (unpaired) electrons. The van der Waals surface area contributed by atoms with E-state index < -0.39 is 8.32 Å². The van der Waals surface area contributed by atoms with E-state index in [1.807, 2.05) is 14.1 Å². The van der Waals surface area contributed by atoms with Gasteiger partial charge in [0.1, 0.15) is 0 Å². The van der Waals surface area contributed by atoms with E-state index in [-0.39, 0.29) is 5.04 Å². The van der Waals surface area contributed by atoms with E-state index in [1.54, 1.807) is 0 Å². The fourth-order valence-electron chi connectivity index (χ4n) is 3.80. The predicted molar refractivity (Wildman–Crippen MR) is 135 cm³/mol. The van der Waals surface area contributed by atoms with Gasteiger partial charge in [-0.3, -0.25) is 0 Å². The van der Waals surface area contributed by atoms with E-state index in [9.17, 15) is 0 Å². The van der Waals surface area contributed by atoms with Gasteiger partial charge in [0.15, 0.2) is 0 Å². The van der Waals surface area contributed by atoms with E-state index >= 15 is 0 Å². The third-order valence-electron chi connectivity index (χ3n) is 5.39. The number of nitrogens with zero attached hydrogens (tertiary/aromatic N) is 1. The lowest BCUT2D eigenvalue weighted by Crippen LogP contribution is -2.66. The van der Waals surface area contributed by atoms with E-state index in [0.717, 1.165) is 13.2 Å². The van der Waals surface area contributed by atoms with Gasteiger partial charge >= 0.3 is 0 Å². The van der Waals surface area contributed by atoms with Crippen LogP contribution in [0.15, 0.2) is 60.7 Å². The lowest BCUT2D eigenvalue weighted by Gasteiger charge is -2.43. The fourth-order valence-corrected chi connectivity index (χ4v) is 8.35. The van der Waals surface area contributed by atoms with Crippen molar-refractivity contribution >= 4 is 18.7 Å². The molecule has 0 aliphatic heterocycles. The summed E-state index contributed by atoms with van der Waals surface area (Å²) in [6, 6.07) is 21.4. The smallest absolute Gasteiger partial charge is 0.261 e. The molecule has 2 rings (SSSR count). The van der Waals surface area contributed by atoms with Gasteiger partial charge in [-0.2, -0.15) is 0 Å². The van der Waals surface area contributed by atoms with Crippen molar-refractivity contribution in [3.05, 3.63) is 60.7 Å². The first kappa shape index (κ1) is 26.7. The van der Waals surface area contributed by atoms with Crippen molar-refractivity contribution in [1.82, 2.24) is 4.90 Å². The minimum atomic E-state index is -2.48. The maximum absolute atomic E-state index is 6.81. The standard InChI is InChI=1S/C26H41NO4Si/c1-26(2,3)32(24-12-8-6-9-13-24,25-14-10-7-11-15-25)31-23-22-30-21-20-29-19-18-28-17-16-27(4)5/h6-15H,16-23H2,1-5H3. The molecule has 2 aromatic carbocycles. The number of hydrogen-bond acceptors (Lipinski definition) is 5. The lowest BCUT2D eigenvalue weighted by molar-refractivity contribution is 0.00700. The van der Waals surface area contributed by atoms with Crippen LogP contribution in [0.4, 0.5) is 0 Å². The van der Waals surface area contributed by atoms with Gasteiger partial charge in [-0.05, 0) is 29.5 Å². The Morgan fingerprint density at radius 1 is 0.625 bits per heavy atom. The van der Waals surface area contributed by atoms with Crippen LogP contribution in [0.5, 0.6) is 0 Å². The highest BCUT2D eigenvalue weighted by molar-refractivity contribution is 6.99. The van der Waals surface area contributed by atoms with Gasteiger partial charge < -0.3 is 23.5 Å². The first-order chi connectivity index (χ1) is 15.4. The summed E-state index contributed by atoms with van der Waals surface area (Å²) in [5, 5.41) is 2.55. The number of likely N-dealkylation sites (N-methyl/N-ethyl adjacent to an activating group) is 1. The Kier molecular flexibility index (Phi) is 11.6. The molecule has 0 aliphatic carbocycles. The molecule has 2 aromatic rings. The minimum Gasteiger partial charge on any atom is -0.405 e. The average Bonchev–Trinajstić information content (AvgIpc) is 2.77. The zero-order valence-corrected chi connectivity index (χ0v) is 21.5. The Hall–Kier alpha value is -1.54. The van der Waals surface area contributed by atoms with Gasteiger partial charge in [0.25, 0.3) is 8.32 Å². The van der Waals surface area contributed by atoms with Crippen LogP contribution in [0.1, 0.15) is 20.8 Å². The van der Waals surface area contributed by atoms with Gasteiger partial charge in [0.05, 0.1) is 46.2 Å². The number of rotatable bonds is 15. The number of ether oxygens (including phenoxy) is 3. The van der Waals surface area contributed by atoms with Crippen molar-refractivity contribution in [2.24, 2.45) is 0 Å². The lowest BCUT2D eigenvalue weighted by atomic mass is 10.2. The summed E-state index contributed by atoms with van der Waals surface area (Å²) in [7, 11) is 1.59. The van der Waals surface area contributed by atoms with Gasteiger partial charge in [-0.1, -0.05) is 81.4 Å². The summed E-state index contributed by atoms with van der Waals surface area (Å²) >= 11 is 0. The van der Waals surface area contributed by atoms with Crippen LogP contribution in [-0.4, -0.2) is 80.1 Å². The van der Waals surface area contributed by atoms with Crippen molar-refractivity contribution in [2.45, 2.75) is 25.8 Å². The predicted octanol–water partition coefficient (Wildman–Crippen LogP) is 3.17. The van der Waals surface area contributed by atoms with E-state index in [2.05, 4.69) is 86.3 Å². The molecule has 0 spiro atoms. The highest BCUT2D eigenvalue weighted by atomic mass is 28.4. The average molecular weight is 460 g/mol. The van der Waals surface area contributed by atoms with Crippen molar-refractivity contribution in [3.8, 4) is 0 Å². The number of hydrogen-bond donors (Lipinski definition) is 0. The van der Waals surface area contributed by atoms with Gasteiger partial charge in [0.2, 0.25) is 0 Å². The first-order valence-electron chi connectivity index (χ1n) is 11.5. The second-order valence-corrected chi connectivity index (χ2v) is 13.5. The molecule has 0 saturated carbocycles.